The number of thiocarbonyl (C=S) groups is 1. The molecule has 1 aromatic rings. The number of hydrogen-bond donors (Lipinski definition) is 2. The van der Waals surface area contributed by atoms with Crippen LogP contribution < -0.4 is 15.5 Å². The van der Waals surface area contributed by atoms with Crippen molar-refractivity contribution in [1.82, 2.24) is 10.2 Å². The maximum atomic E-state index is 12.0. The van der Waals surface area contributed by atoms with Crippen LogP contribution in [0.4, 0.5) is 11.4 Å². The second-order valence-corrected chi connectivity index (χ2v) is 8.06. The molecule has 0 aliphatic carbocycles. The molecule has 0 aromatic heterocycles. The molecule has 0 atom stereocenters. The third-order valence-corrected chi connectivity index (χ3v) is 4.78. The Morgan fingerprint density at radius 2 is 1.88 bits per heavy atom. The van der Waals surface area contributed by atoms with Gasteiger partial charge in [0.25, 0.3) is 0 Å². The van der Waals surface area contributed by atoms with Gasteiger partial charge in [0.1, 0.15) is 0 Å². The highest BCUT2D eigenvalue weighted by Gasteiger charge is 2.22. The van der Waals surface area contributed by atoms with E-state index < -0.39 is 5.41 Å². The predicted octanol–water partition coefficient (Wildman–Crippen LogP) is 3.34. The Morgan fingerprint density at radius 1 is 1.24 bits per heavy atom. The van der Waals surface area contributed by atoms with Gasteiger partial charge in [-0.15, -0.1) is 0 Å². The number of nitrogens with one attached hydrogen (secondary N) is 2. The molecule has 138 valence electrons. The predicted molar refractivity (Wildman–Crippen MR) is 110 cm³/mol. The molecule has 0 spiro atoms. The number of amides is 1. The largest absolute Gasteiger partial charge is 0.368 e. The molecular weight excluding hydrogens is 356 g/mol. The number of nitrogens with zero attached hydrogens (tertiary/aromatic N) is 2. The summed E-state index contributed by atoms with van der Waals surface area (Å²) in [6.45, 7) is 12.8. The minimum atomic E-state index is -0.492. The zero-order chi connectivity index (χ0) is 18.6. The topological polar surface area (TPSA) is 47.6 Å². The van der Waals surface area contributed by atoms with E-state index in [4.69, 9.17) is 23.8 Å². The van der Waals surface area contributed by atoms with Crippen LogP contribution in [0.1, 0.15) is 27.7 Å². The lowest BCUT2D eigenvalue weighted by molar-refractivity contribution is -0.126. The van der Waals surface area contributed by atoms with Gasteiger partial charge in [-0.05, 0) is 37.0 Å². The van der Waals surface area contributed by atoms with Crippen LogP contribution in [0.15, 0.2) is 18.2 Å². The Bertz CT molecular complexity index is 636. The molecular formula is C18H27ClN4OS. The summed E-state index contributed by atoms with van der Waals surface area (Å²) in [5, 5.41) is 6.68. The van der Waals surface area contributed by atoms with Crippen LogP contribution in [-0.4, -0.2) is 48.6 Å². The number of halogens is 1. The summed E-state index contributed by atoms with van der Waals surface area (Å²) in [6, 6.07) is 5.78. The minimum Gasteiger partial charge on any atom is -0.368 e. The number of benzene rings is 1. The number of carbonyl (C=O) groups excluding carboxylic acids is 1. The molecule has 1 fully saturated rings. The average Bonchev–Trinajstić information content (AvgIpc) is 2.54. The lowest BCUT2D eigenvalue weighted by Crippen LogP contribution is -2.46. The highest BCUT2D eigenvalue weighted by molar-refractivity contribution is 7.80. The number of carbonyl (C=O) groups is 1. The summed E-state index contributed by atoms with van der Waals surface area (Å²) in [7, 11) is 0. The van der Waals surface area contributed by atoms with E-state index in [0.29, 0.717) is 5.02 Å². The van der Waals surface area contributed by atoms with Crippen molar-refractivity contribution in [1.29, 1.82) is 0 Å². The SMILES string of the molecule is CCN1CCN(c2ccc(NC(=S)NC(=O)C(C)(C)C)cc2Cl)CC1. The average molecular weight is 383 g/mol. The van der Waals surface area contributed by atoms with Gasteiger partial charge in [0.2, 0.25) is 5.91 Å². The molecule has 1 aromatic carbocycles. The Labute approximate surface area is 160 Å². The molecule has 1 aliphatic heterocycles. The molecule has 0 unspecified atom stereocenters. The summed E-state index contributed by atoms with van der Waals surface area (Å²) >= 11 is 11.7. The van der Waals surface area contributed by atoms with Gasteiger partial charge in [-0.25, -0.2) is 0 Å². The summed E-state index contributed by atoms with van der Waals surface area (Å²) in [6.07, 6.45) is 0. The molecule has 25 heavy (non-hydrogen) atoms. The second kappa shape index (κ2) is 8.34. The highest BCUT2D eigenvalue weighted by atomic mass is 35.5. The number of piperazine rings is 1. The van der Waals surface area contributed by atoms with Crippen LogP contribution in [0.25, 0.3) is 0 Å². The summed E-state index contributed by atoms with van der Waals surface area (Å²) in [5.41, 5.74) is 1.31. The minimum absolute atomic E-state index is 0.124. The van der Waals surface area contributed by atoms with Crippen molar-refractivity contribution in [3.05, 3.63) is 23.2 Å². The molecule has 1 amide bonds. The van der Waals surface area contributed by atoms with E-state index in [-0.39, 0.29) is 11.0 Å². The summed E-state index contributed by atoms with van der Waals surface area (Å²) in [5.74, 6) is -0.124. The first-order valence-corrected chi connectivity index (χ1v) is 9.38. The number of rotatable bonds is 3. The van der Waals surface area contributed by atoms with E-state index >= 15 is 0 Å². The fraction of sp³-hybridized carbons (Fsp3) is 0.556. The van der Waals surface area contributed by atoms with E-state index in [1.807, 2.05) is 39.0 Å². The quantitative estimate of drug-likeness (QED) is 0.785. The molecule has 2 N–H and O–H groups in total. The van der Waals surface area contributed by atoms with Crippen molar-refractivity contribution in [3.63, 3.8) is 0 Å². The van der Waals surface area contributed by atoms with Gasteiger partial charge in [-0.2, -0.15) is 0 Å². The molecule has 0 saturated carbocycles. The van der Waals surface area contributed by atoms with Gasteiger partial charge in [0, 0.05) is 37.3 Å². The molecule has 1 aliphatic rings. The monoisotopic (exact) mass is 382 g/mol. The van der Waals surface area contributed by atoms with E-state index in [1.54, 1.807) is 0 Å². The van der Waals surface area contributed by atoms with Crippen molar-refractivity contribution in [3.8, 4) is 0 Å². The van der Waals surface area contributed by atoms with Crippen molar-refractivity contribution >= 4 is 46.2 Å². The van der Waals surface area contributed by atoms with Crippen LogP contribution in [0, 0.1) is 5.41 Å². The molecule has 5 nitrogen and oxygen atoms in total. The normalized spacial score (nSPS) is 15.8. The first-order chi connectivity index (χ1) is 11.7. The van der Waals surface area contributed by atoms with E-state index in [1.165, 1.54) is 0 Å². The van der Waals surface area contributed by atoms with Crippen LogP contribution in [0.2, 0.25) is 5.02 Å². The second-order valence-electron chi connectivity index (χ2n) is 7.25. The van der Waals surface area contributed by atoms with Crippen molar-refractivity contribution in [2.45, 2.75) is 27.7 Å². The first kappa shape index (κ1) is 19.9. The van der Waals surface area contributed by atoms with E-state index in [9.17, 15) is 4.79 Å². The molecule has 7 heteroatoms. The van der Waals surface area contributed by atoms with Gasteiger partial charge in [0.15, 0.2) is 5.11 Å². The summed E-state index contributed by atoms with van der Waals surface area (Å²) in [4.78, 5) is 16.7. The van der Waals surface area contributed by atoms with Crippen LogP contribution in [0.3, 0.4) is 0 Å². The first-order valence-electron chi connectivity index (χ1n) is 8.60. The lowest BCUT2D eigenvalue weighted by atomic mass is 9.96. The van der Waals surface area contributed by atoms with E-state index in [2.05, 4.69) is 27.4 Å². The molecule has 0 radical (unpaired) electrons. The number of hydrogen-bond acceptors (Lipinski definition) is 4. The van der Waals surface area contributed by atoms with E-state index in [0.717, 1.165) is 44.1 Å². The lowest BCUT2D eigenvalue weighted by Gasteiger charge is -2.36. The van der Waals surface area contributed by atoms with Gasteiger partial charge in [0.05, 0.1) is 10.7 Å². The maximum absolute atomic E-state index is 12.0. The third kappa shape index (κ3) is 5.56. The number of anilines is 2. The van der Waals surface area contributed by atoms with Crippen molar-refractivity contribution < 1.29 is 4.79 Å². The Hall–Kier alpha value is -1.37. The standard InChI is InChI=1S/C18H27ClN4OS/c1-5-22-8-10-23(11-9-22)15-7-6-13(12-14(15)19)20-17(25)21-16(24)18(2,3)4/h6-7,12H,5,8-11H2,1-4H3,(H2,20,21,24,25). The Kier molecular flexibility index (Phi) is 6.65. The fourth-order valence-corrected chi connectivity index (χ4v) is 3.11. The fourth-order valence-electron chi connectivity index (χ4n) is 2.60. The highest BCUT2D eigenvalue weighted by Crippen LogP contribution is 2.29. The number of likely N-dealkylation sites (N-methyl/N-ethyl adjacent to an activating group) is 1. The van der Waals surface area contributed by atoms with Gasteiger partial charge >= 0.3 is 0 Å². The van der Waals surface area contributed by atoms with Crippen molar-refractivity contribution in [2.24, 2.45) is 5.41 Å². The molecule has 0 bridgehead atoms. The van der Waals surface area contributed by atoms with Gasteiger partial charge in [-0.3, -0.25) is 4.79 Å². The Balaban J connectivity index is 1.97. The third-order valence-electron chi connectivity index (χ3n) is 4.27. The van der Waals surface area contributed by atoms with Crippen LogP contribution in [0.5, 0.6) is 0 Å². The summed E-state index contributed by atoms with van der Waals surface area (Å²) < 4.78 is 0. The van der Waals surface area contributed by atoms with Gasteiger partial charge in [-0.1, -0.05) is 39.3 Å². The maximum Gasteiger partial charge on any atom is 0.231 e. The van der Waals surface area contributed by atoms with Crippen LogP contribution >= 0.6 is 23.8 Å². The molecule has 1 saturated heterocycles. The van der Waals surface area contributed by atoms with Gasteiger partial charge < -0.3 is 20.4 Å². The van der Waals surface area contributed by atoms with Crippen LogP contribution in [-0.2, 0) is 4.79 Å². The van der Waals surface area contributed by atoms with Crippen molar-refractivity contribution in [2.75, 3.05) is 42.9 Å². The zero-order valence-corrected chi connectivity index (χ0v) is 16.9. The zero-order valence-electron chi connectivity index (χ0n) is 15.4. The molecule has 1 heterocycles. The Morgan fingerprint density at radius 3 is 2.40 bits per heavy atom. The molecule has 2 rings (SSSR count). The smallest absolute Gasteiger partial charge is 0.231 e.